The number of halogens is 2. The van der Waals surface area contributed by atoms with Crippen molar-refractivity contribution >= 4 is 28.9 Å². The van der Waals surface area contributed by atoms with Gasteiger partial charge in [0.05, 0.1) is 31.0 Å². The Bertz CT molecular complexity index is 1300. The summed E-state index contributed by atoms with van der Waals surface area (Å²) in [4.78, 5) is 0. The summed E-state index contributed by atoms with van der Waals surface area (Å²) < 4.78 is 17.4. The molecule has 2 aliphatic rings. The zero-order valence-electron chi connectivity index (χ0n) is 20.4. The molecule has 0 aromatic heterocycles. The summed E-state index contributed by atoms with van der Waals surface area (Å²) in [6, 6.07) is 18.0. The number of hydrogen-bond donors (Lipinski definition) is 0. The van der Waals surface area contributed by atoms with Crippen LogP contribution in [0.25, 0.3) is 0 Å². The third-order valence-corrected chi connectivity index (χ3v) is 7.09. The molecule has 0 amide bonds. The topological polar surface area (TPSA) is 43.3 Å². The maximum absolute atomic E-state index is 6.61. The van der Waals surface area contributed by atoms with Crippen molar-refractivity contribution in [2.45, 2.75) is 44.9 Å². The molecule has 3 aromatic rings. The van der Waals surface area contributed by atoms with E-state index in [9.17, 15) is 0 Å². The predicted molar refractivity (Wildman–Crippen MR) is 140 cm³/mol. The molecule has 0 N–H and O–H groups in total. The van der Waals surface area contributed by atoms with Crippen LogP contribution in [-0.4, -0.2) is 24.9 Å². The van der Waals surface area contributed by atoms with E-state index in [0.717, 1.165) is 22.4 Å². The molecule has 7 heteroatoms. The van der Waals surface area contributed by atoms with Crippen molar-refractivity contribution in [1.29, 1.82) is 0 Å². The minimum Gasteiger partial charge on any atom is -0.493 e. The third kappa shape index (κ3) is 4.32. The Kier molecular flexibility index (Phi) is 6.10. The quantitative estimate of drug-likeness (QED) is 0.363. The summed E-state index contributed by atoms with van der Waals surface area (Å²) in [6.07, 6.45) is 0.261. The standard InChI is InChI=1S/C28H28Cl2N2O3/c1-28(2,3)18-9-6-16(7-10-18)27-32-23(20-13-19(29)14-21(30)26(20)35-27)15-22(31-32)17-8-11-24(33-4)25(12-17)34-5/h6-14,23,27H,15H2,1-5H3/t23-,27-/m1/s1. The van der Waals surface area contributed by atoms with Crippen molar-refractivity contribution in [3.8, 4) is 17.2 Å². The summed E-state index contributed by atoms with van der Waals surface area (Å²) in [7, 11) is 3.26. The van der Waals surface area contributed by atoms with E-state index < -0.39 is 6.23 Å². The van der Waals surface area contributed by atoms with Crippen LogP contribution in [0.15, 0.2) is 59.7 Å². The molecule has 35 heavy (non-hydrogen) atoms. The van der Waals surface area contributed by atoms with Gasteiger partial charge in [0, 0.05) is 28.1 Å². The first-order chi connectivity index (χ1) is 16.7. The first kappa shape index (κ1) is 23.8. The zero-order valence-corrected chi connectivity index (χ0v) is 21.9. The minimum absolute atomic E-state index is 0.0630. The van der Waals surface area contributed by atoms with Crippen molar-refractivity contribution in [3.63, 3.8) is 0 Å². The second-order valence-corrected chi connectivity index (χ2v) is 10.7. The summed E-state index contributed by atoms with van der Waals surface area (Å²) in [6.45, 7) is 6.61. The highest BCUT2D eigenvalue weighted by molar-refractivity contribution is 6.35. The molecule has 0 fully saturated rings. The molecule has 0 aliphatic carbocycles. The largest absolute Gasteiger partial charge is 0.493 e. The lowest BCUT2D eigenvalue weighted by Gasteiger charge is -2.38. The zero-order chi connectivity index (χ0) is 24.9. The molecule has 2 heterocycles. The molecule has 182 valence electrons. The molecule has 0 bridgehead atoms. The van der Waals surface area contributed by atoms with Gasteiger partial charge in [0.1, 0.15) is 5.75 Å². The lowest BCUT2D eigenvalue weighted by Crippen LogP contribution is -2.34. The Morgan fingerprint density at radius 2 is 1.66 bits per heavy atom. The number of hydrazone groups is 1. The fourth-order valence-electron chi connectivity index (χ4n) is 4.67. The highest BCUT2D eigenvalue weighted by Crippen LogP contribution is 2.51. The highest BCUT2D eigenvalue weighted by atomic mass is 35.5. The maximum Gasteiger partial charge on any atom is 0.213 e. The normalized spacial score (nSPS) is 18.9. The van der Waals surface area contributed by atoms with Crippen LogP contribution in [0.1, 0.15) is 61.7 Å². The number of rotatable bonds is 4. The molecule has 0 radical (unpaired) electrons. The van der Waals surface area contributed by atoms with Gasteiger partial charge in [-0.15, -0.1) is 0 Å². The number of hydrogen-bond acceptors (Lipinski definition) is 5. The van der Waals surface area contributed by atoms with Crippen molar-refractivity contribution in [2.24, 2.45) is 5.10 Å². The molecule has 2 atom stereocenters. The van der Waals surface area contributed by atoms with Crippen LogP contribution in [0.5, 0.6) is 17.2 Å². The Labute approximate surface area is 216 Å². The van der Waals surface area contributed by atoms with Crippen molar-refractivity contribution < 1.29 is 14.2 Å². The van der Waals surface area contributed by atoms with Crippen LogP contribution in [-0.2, 0) is 5.41 Å². The fourth-order valence-corrected chi connectivity index (χ4v) is 5.23. The van der Waals surface area contributed by atoms with Gasteiger partial charge in [-0.25, -0.2) is 5.01 Å². The van der Waals surface area contributed by atoms with Crippen LogP contribution in [0.4, 0.5) is 0 Å². The minimum atomic E-state index is -0.419. The van der Waals surface area contributed by atoms with E-state index in [2.05, 4.69) is 45.0 Å². The number of fused-ring (bicyclic) bond motifs is 3. The predicted octanol–water partition coefficient (Wildman–Crippen LogP) is 7.55. The van der Waals surface area contributed by atoms with Crippen LogP contribution >= 0.6 is 23.2 Å². The molecular formula is C28H28Cl2N2O3. The molecule has 2 aliphatic heterocycles. The third-order valence-electron chi connectivity index (χ3n) is 6.59. The SMILES string of the molecule is COc1ccc(C2=NN3[C@H](C2)c2cc(Cl)cc(Cl)c2O[C@@H]3c2ccc(C(C)(C)C)cc2)cc1OC. The monoisotopic (exact) mass is 510 g/mol. The molecule has 0 unspecified atom stereocenters. The van der Waals surface area contributed by atoms with Crippen LogP contribution in [0.3, 0.4) is 0 Å². The van der Waals surface area contributed by atoms with E-state index in [4.69, 9.17) is 42.5 Å². The number of methoxy groups -OCH3 is 2. The second-order valence-electron chi connectivity index (χ2n) is 9.86. The maximum atomic E-state index is 6.61. The van der Waals surface area contributed by atoms with Gasteiger partial charge in [0.2, 0.25) is 6.23 Å². The van der Waals surface area contributed by atoms with E-state index in [1.807, 2.05) is 29.3 Å². The fraction of sp³-hybridized carbons (Fsp3) is 0.321. The summed E-state index contributed by atoms with van der Waals surface area (Å²) in [5.74, 6) is 2.00. The highest BCUT2D eigenvalue weighted by Gasteiger charge is 2.42. The van der Waals surface area contributed by atoms with Crippen LogP contribution in [0.2, 0.25) is 10.0 Å². The van der Waals surface area contributed by atoms with E-state index in [1.54, 1.807) is 20.3 Å². The first-order valence-electron chi connectivity index (χ1n) is 11.5. The van der Waals surface area contributed by atoms with Gasteiger partial charge in [-0.2, -0.15) is 5.10 Å². The Balaban J connectivity index is 1.59. The van der Waals surface area contributed by atoms with Gasteiger partial charge in [-0.3, -0.25) is 0 Å². The second kappa shape index (κ2) is 8.96. The lowest BCUT2D eigenvalue weighted by molar-refractivity contribution is -0.0189. The van der Waals surface area contributed by atoms with Gasteiger partial charge >= 0.3 is 0 Å². The van der Waals surface area contributed by atoms with Crippen molar-refractivity contribution in [1.82, 2.24) is 5.01 Å². The van der Waals surface area contributed by atoms with Gasteiger partial charge in [0.15, 0.2) is 11.5 Å². The summed E-state index contributed by atoms with van der Waals surface area (Å²) >= 11 is 13.0. The number of ether oxygens (including phenoxy) is 3. The molecular weight excluding hydrogens is 483 g/mol. The van der Waals surface area contributed by atoms with Gasteiger partial charge in [-0.05, 0) is 41.3 Å². The molecule has 0 saturated carbocycles. The van der Waals surface area contributed by atoms with Gasteiger partial charge in [-0.1, -0.05) is 68.2 Å². The molecule has 3 aromatic carbocycles. The van der Waals surface area contributed by atoms with E-state index >= 15 is 0 Å². The summed E-state index contributed by atoms with van der Waals surface area (Å²) in [5.41, 5.74) is 5.16. The Hall–Kier alpha value is -2.89. The lowest BCUT2D eigenvalue weighted by atomic mass is 9.86. The Morgan fingerprint density at radius 1 is 0.943 bits per heavy atom. The molecule has 5 rings (SSSR count). The van der Waals surface area contributed by atoms with Gasteiger partial charge < -0.3 is 14.2 Å². The molecule has 5 nitrogen and oxygen atoms in total. The average molecular weight is 511 g/mol. The van der Waals surface area contributed by atoms with Crippen LogP contribution in [0, 0.1) is 0 Å². The van der Waals surface area contributed by atoms with Crippen molar-refractivity contribution in [2.75, 3.05) is 14.2 Å². The Morgan fingerprint density at radius 3 is 2.31 bits per heavy atom. The van der Waals surface area contributed by atoms with E-state index in [1.165, 1.54) is 5.56 Å². The van der Waals surface area contributed by atoms with Crippen molar-refractivity contribution in [3.05, 3.63) is 86.9 Å². The van der Waals surface area contributed by atoms with E-state index in [-0.39, 0.29) is 11.5 Å². The average Bonchev–Trinajstić information content (AvgIpc) is 3.28. The number of nitrogens with zero attached hydrogens (tertiary/aromatic N) is 2. The molecule has 0 saturated heterocycles. The smallest absolute Gasteiger partial charge is 0.213 e. The van der Waals surface area contributed by atoms with E-state index in [0.29, 0.717) is 33.7 Å². The summed E-state index contributed by atoms with van der Waals surface area (Å²) in [5, 5.41) is 8.14. The van der Waals surface area contributed by atoms with Gasteiger partial charge in [0.25, 0.3) is 0 Å². The number of benzene rings is 3. The first-order valence-corrected chi connectivity index (χ1v) is 12.3. The molecule has 0 spiro atoms. The van der Waals surface area contributed by atoms with Crippen LogP contribution < -0.4 is 14.2 Å².